The lowest BCUT2D eigenvalue weighted by molar-refractivity contribution is -0.127. The Labute approximate surface area is 162 Å². The van der Waals surface area contributed by atoms with Gasteiger partial charge in [0.05, 0.1) is 5.71 Å². The Morgan fingerprint density at radius 1 is 1.33 bits per heavy atom. The highest BCUT2D eigenvalue weighted by Gasteiger charge is 2.48. The van der Waals surface area contributed by atoms with Gasteiger partial charge in [0.25, 0.3) is 5.91 Å². The van der Waals surface area contributed by atoms with Crippen LogP contribution in [0.25, 0.3) is 0 Å². The van der Waals surface area contributed by atoms with Crippen molar-refractivity contribution in [2.24, 2.45) is 10.1 Å². The molecule has 2 aliphatic rings. The van der Waals surface area contributed by atoms with Gasteiger partial charge in [-0.05, 0) is 31.5 Å². The number of nitrogens with zero attached hydrogens (tertiary/aromatic N) is 4. The number of nitrogens with one attached hydrogen (secondary N) is 2. The van der Waals surface area contributed by atoms with E-state index in [0.29, 0.717) is 17.5 Å². The second-order valence-corrected chi connectivity index (χ2v) is 7.05. The number of aliphatic imine (C=N–C) groups is 1. The van der Waals surface area contributed by atoms with Gasteiger partial charge in [-0.2, -0.15) is 5.10 Å². The molecular formula is C18H21ClN6O2. The van der Waals surface area contributed by atoms with Crippen molar-refractivity contribution >= 4 is 35.2 Å². The molecule has 1 saturated heterocycles. The van der Waals surface area contributed by atoms with Gasteiger partial charge in [0, 0.05) is 18.6 Å². The average molecular weight is 389 g/mol. The summed E-state index contributed by atoms with van der Waals surface area (Å²) in [6, 6.07) is 6.21. The van der Waals surface area contributed by atoms with Crippen molar-refractivity contribution in [2.75, 3.05) is 13.6 Å². The molecule has 9 heteroatoms. The first-order valence-electron chi connectivity index (χ1n) is 8.40. The van der Waals surface area contributed by atoms with E-state index in [1.807, 2.05) is 26.0 Å². The van der Waals surface area contributed by atoms with Crippen molar-refractivity contribution in [3.63, 3.8) is 0 Å². The van der Waals surface area contributed by atoms with Gasteiger partial charge in [-0.3, -0.25) is 10.1 Å². The quantitative estimate of drug-likeness (QED) is 0.467. The molecule has 0 radical (unpaired) electrons. The lowest BCUT2D eigenvalue weighted by atomic mass is 10.1. The highest BCUT2D eigenvalue weighted by Crippen LogP contribution is 2.24. The average Bonchev–Trinajstić information content (AvgIpc) is 2.96. The number of carbonyl (C=O) groups is 2. The molecule has 2 unspecified atom stereocenters. The van der Waals surface area contributed by atoms with Crippen LogP contribution >= 0.6 is 11.6 Å². The summed E-state index contributed by atoms with van der Waals surface area (Å²) in [5.74, 6) is 0.0290. The third kappa shape index (κ3) is 3.80. The standard InChI is InChI=1S/C18H21ClN6O2/c1-10(2)9-25-14-15(24(4)18(27)21-16(14)26)20-17(25)23-22-11(3)12-5-7-13(19)8-6-12/h5-8,14-15H,1,9H2,2-4H3,(H,20,23)(H,21,26,27)/b22-11+. The molecule has 3 rings (SSSR count). The van der Waals surface area contributed by atoms with E-state index in [-0.39, 0.29) is 5.91 Å². The minimum absolute atomic E-state index is 0.386. The maximum Gasteiger partial charge on any atom is 0.325 e. The van der Waals surface area contributed by atoms with Gasteiger partial charge in [0.1, 0.15) is 0 Å². The van der Waals surface area contributed by atoms with Crippen LogP contribution in [0.3, 0.4) is 0 Å². The molecule has 1 aromatic rings. The first-order valence-corrected chi connectivity index (χ1v) is 8.78. The SMILES string of the molecule is C=C(C)CN1C(N/N=C(\C)c2ccc(Cl)cc2)=NC2C1C(=O)NC(=O)N2C. The maximum atomic E-state index is 12.4. The molecular weight excluding hydrogens is 368 g/mol. The van der Waals surface area contributed by atoms with Gasteiger partial charge in [0.2, 0.25) is 5.96 Å². The summed E-state index contributed by atoms with van der Waals surface area (Å²) in [5, 5.41) is 7.37. The summed E-state index contributed by atoms with van der Waals surface area (Å²) in [7, 11) is 1.60. The van der Waals surface area contributed by atoms with Crippen LogP contribution in [0.1, 0.15) is 19.4 Å². The number of hydrogen-bond acceptors (Lipinski definition) is 6. The minimum atomic E-state index is -0.627. The molecule has 0 aromatic heterocycles. The molecule has 142 valence electrons. The van der Waals surface area contributed by atoms with Crippen LogP contribution in [-0.4, -0.2) is 59.2 Å². The molecule has 0 spiro atoms. The second-order valence-electron chi connectivity index (χ2n) is 6.62. The van der Waals surface area contributed by atoms with E-state index in [2.05, 4.69) is 27.4 Å². The van der Waals surface area contributed by atoms with Crippen molar-refractivity contribution in [3.05, 3.63) is 47.0 Å². The van der Waals surface area contributed by atoms with E-state index >= 15 is 0 Å². The normalized spacial score (nSPS) is 22.4. The molecule has 3 amide bonds. The number of urea groups is 1. The van der Waals surface area contributed by atoms with E-state index in [0.717, 1.165) is 16.8 Å². The number of halogens is 1. The Balaban J connectivity index is 1.86. The fourth-order valence-corrected chi connectivity index (χ4v) is 3.10. The van der Waals surface area contributed by atoms with E-state index in [1.54, 1.807) is 24.1 Å². The predicted octanol–water partition coefficient (Wildman–Crippen LogP) is 1.78. The van der Waals surface area contributed by atoms with E-state index in [9.17, 15) is 9.59 Å². The molecule has 2 N–H and O–H groups in total. The Hall–Kier alpha value is -2.87. The smallest absolute Gasteiger partial charge is 0.322 e. The molecule has 1 aromatic carbocycles. The van der Waals surface area contributed by atoms with Crippen LogP contribution in [-0.2, 0) is 4.79 Å². The number of amides is 3. The number of imide groups is 1. The molecule has 27 heavy (non-hydrogen) atoms. The minimum Gasteiger partial charge on any atom is -0.322 e. The predicted molar refractivity (Wildman–Crippen MR) is 105 cm³/mol. The van der Waals surface area contributed by atoms with Gasteiger partial charge in [-0.1, -0.05) is 35.9 Å². The summed E-state index contributed by atoms with van der Waals surface area (Å²) < 4.78 is 0. The summed E-state index contributed by atoms with van der Waals surface area (Å²) in [6.45, 7) is 8.05. The number of hydrogen-bond donors (Lipinski definition) is 2. The van der Waals surface area contributed by atoms with Gasteiger partial charge in [-0.15, -0.1) is 0 Å². The van der Waals surface area contributed by atoms with Crippen LogP contribution in [0.5, 0.6) is 0 Å². The molecule has 0 bridgehead atoms. The lowest BCUT2D eigenvalue weighted by Crippen LogP contribution is -2.64. The summed E-state index contributed by atoms with van der Waals surface area (Å²) in [6.07, 6.45) is -0.612. The summed E-state index contributed by atoms with van der Waals surface area (Å²) >= 11 is 5.91. The number of guanidine groups is 1. The molecule has 8 nitrogen and oxygen atoms in total. The number of rotatable bonds is 4. The number of benzene rings is 1. The molecule has 2 aliphatic heterocycles. The topological polar surface area (TPSA) is 89.4 Å². The van der Waals surface area contributed by atoms with Crippen molar-refractivity contribution < 1.29 is 9.59 Å². The molecule has 1 fully saturated rings. The molecule has 2 atom stereocenters. The molecule has 2 heterocycles. The monoisotopic (exact) mass is 388 g/mol. The Morgan fingerprint density at radius 3 is 2.63 bits per heavy atom. The van der Waals surface area contributed by atoms with Crippen LogP contribution in [0.4, 0.5) is 4.79 Å². The van der Waals surface area contributed by atoms with Crippen LogP contribution in [0.15, 0.2) is 46.5 Å². The fraction of sp³-hybridized carbons (Fsp3) is 0.333. The largest absolute Gasteiger partial charge is 0.325 e. The summed E-state index contributed by atoms with van der Waals surface area (Å²) in [4.78, 5) is 32.0. The maximum absolute atomic E-state index is 12.4. The van der Waals surface area contributed by atoms with Crippen LogP contribution in [0.2, 0.25) is 5.02 Å². The van der Waals surface area contributed by atoms with E-state index in [1.165, 1.54) is 4.90 Å². The molecule has 0 aliphatic carbocycles. The van der Waals surface area contributed by atoms with Gasteiger partial charge >= 0.3 is 6.03 Å². The molecule has 0 saturated carbocycles. The van der Waals surface area contributed by atoms with Crippen molar-refractivity contribution in [3.8, 4) is 0 Å². The number of hydrazone groups is 1. The number of likely N-dealkylation sites (N-methyl/N-ethyl adjacent to an activating group) is 1. The third-order valence-corrected chi connectivity index (χ3v) is 4.64. The van der Waals surface area contributed by atoms with E-state index < -0.39 is 18.2 Å². The van der Waals surface area contributed by atoms with Crippen molar-refractivity contribution in [1.82, 2.24) is 20.5 Å². The van der Waals surface area contributed by atoms with Gasteiger partial charge in [0.15, 0.2) is 12.2 Å². The van der Waals surface area contributed by atoms with Crippen LogP contribution in [0, 0.1) is 0 Å². The van der Waals surface area contributed by atoms with Gasteiger partial charge in [-0.25, -0.2) is 15.2 Å². The second kappa shape index (κ2) is 7.40. The Morgan fingerprint density at radius 2 is 2.00 bits per heavy atom. The van der Waals surface area contributed by atoms with E-state index in [4.69, 9.17) is 11.6 Å². The fourth-order valence-electron chi connectivity index (χ4n) is 2.97. The highest BCUT2D eigenvalue weighted by atomic mass is 35.5. The van der Waals surface area contributed by atoms with Crippen molar-refractivity contribution in [2.45, 2.75) is 26.1 Å². The number of fused-ring (bicyclic) bond motifs is 1. The first-order chi connectivity index (χ1) is 12.8. The van der Waals surface area contributed by atoms with Crippen LogP contribution < -0.4 is 10.7 Å². The Bertz CT molecular complexity index is 848. The Kier molecular flexibility index (Phi) is 5.18. The van der Waals surface area contributed by atoms with Gasteiger partial charge < -0.3 is 9.80 Å². The summed E-state index contributed by atoms with van der Waals surface area (Å²) in [5.41, 5.74) is 5.42. The van der Waals surface area contributed by atoms with Crippen molar-refractivity contribution in [1.29, 1.82) is 0 Å². The highest BCUT2D eigenvalue weighted by molar-refractivity contribution is 6.30. The number of carbonyl (C=O) groups excluding carboxylic acids is 2. The zero-order chi connectivity index (χ0) is 19.7. The lowest BCUT2D eigenvalue weighted by Gasteiger charge is -2.36. The zero-order valence-corrected chi connectivity index (χ0v) is 16.1. The first kappa shape index (κ1) is 18.9. The third-order valence-electron chi connectivity index (χ3n) is 4.39. The zero-order valence-electron chi connectivity index (χ0n) is 15.4.